The highest BCUT2D eigenvalue weighted by Crippen LogP contribution is 2.14. The van der Waals surface area contributed by atoms with Gasteiger partial charge < -0.3 is 20.5 Å². The molecule has 1 aliphatic rings. The minimum atomic E-state index is -1.06. The number of thiazole rings is 1. The monoisotopic (exact) mass is 299 g/mol. The molecule has 1 unspecified atom stereocenters. The number of hydrogen-bond acceptors (Lipinski definition) is 5. The number of ether oxygens (including phenoxy) is 1. The molecule has 0 aliphatic carbocycles. The largest absolute Gasteiger partial charge is 0.476 e. The van der Waals surface area contributed by atoms with Crippen molar-refractivity contribution in [3.05, 3.63) is 16.1 Å². The molecule has 2 rings (SSSR count). The number of amides is 2. The topological polar surface area (TPSA) is 101 Å². The Labute approximate surface area is 120 Å². The summed E-state index contributed by atoms with van der Waals surface area (Å²) in [7, 11) is 0. The van der Waals surface area contributed by atoms with Crippen LogP contribution in [0.1, 0.15) is 34.8 Å². The van der Waals surface area contributed by atoms with Crippen LogP contribution in [-0.2, 0) is 11.3 Å². The Hall–Kier alpha value is -1.67. The summed E-state index contributed by atoms with van der Waals surface area (Å²) >= 11 is 1.21. The molecule has 8 heteroatoms. The molecule has 0 aromatic carbocycles. The van der Waals surface area contributed by atoms with Crippen LogP contribution in [0.15, 0.2) is 5.38 Å². The molecule has 2 heterocycles. The summed E-state index contributed by atoms with van der Waals surface area (Å²) < 4.78 is 5.45. The van der Waals surface area contributed by atoms with Crippen LogP contribution in [-0.4, -0.2) is 41.3 Å². The fraction of sp³-hybridized carbons (Fsp3) is 0.583. The molecular weight excluding hydrogens is 282 g/mol. The molecule has 2 amide bonds. The third kappa shape index (κ3) is 4.46. The molecular formula is C12H17N3O4S. The van der Waals surface area contributed by atoms with Crippen molar-refractivity contribution in [1.82, 2.24) is 15.6 Å². The van der Waals surface area contributed by atoms with E-state index in [0.29, 0.717) is 11.6 Å². The number of nitrogens with zero attached hydrogens (tertiary/aromatic N) is 1. The summed E-state index contributed by atoms with van der Waals surface area (Å²) in [5, 5.41) is 16.1. The molecule has 0 saturated carbocycles. The van der Waals surface area contributed by atoms with E-state index in [1.54, 1.807) is 0 Å². The Balaban J connectivity index is 1.62. The van der Waals surface area contributed by atoms with E-state index < -0.39 is 5.97 Å². The van der Waals surface area contributed by atoms with Crippen molar-refractivity contribution >= 4 is 23.3 Å². The number of aromatic carboxylic acids is 1. The molecule has 1 aliphatic heterocycles. The zero-order chi connectivity index (χ0) is 14.4. The maximum Gasteiger partial charge on any atom is 0.355 e. The number of hydrogen-bond donors (Lipinski definition) is 3. The van der Waals surface area contributed by atoms with E-state index in [1.165, 1.54) is 16.7 Å². The number of carbonyl (C=O) groups is 2. The summed E-state index contributed by atoms with van der Waals surface area (Å²) in [5.41, 5.74) is 0.00518. The van der Waals surface area contributed by atoms with Gasteiger partial charge in [-0.15, -0.1) is 11.3 Å². The van der Waals surface area contributed by atoms with Gasteiger partial charge in [-0.3, -0.25) is 0 Å². The fourth-order valence-corrected chi connectivity index (χ4v) is 2.64. The van der Waals surface area contributed by atoms with Gasteiger partial charge in [0.25, 0.3) is 0 Å². The molecule has 1 fully saturated rings. The Morgan fingerprint density at radius 1 is 1.50 bits per heavy atom. The first-order valence-corrected chi connectivity index (χ1v) is 7.34. The summed E-state index contributed by atoms with van der Waals surface area (Å²) in [6.45, 7) is 1.60. The van der Waals surface area contributed by atoms with Crippen LogP contribution in [0.4, 0.5) is 4.79 Å². The molecule has 1 atom stereocenters. The van der Waals surface area contributed by atoms with Gasteiger partial charge in [0.15, 0.2) is 5.69 Å². The van der Waals surface area contributed by atoms with Crippen LogP contribution in [0, 0.1) is 0 Å². The summed E-state index contributed by atoms with van der Waals surface area (Å²) in [4.78, 5) is 26.1. The van der Waals surface area contributed by atoms with Gasteiger partial charge in [-0.1, -0.05) is 0 Å². The van der Waals surface area contributed by atoms with Gasteiger partial charge >= 0.3 is 12.0 Å². The van der Waals surface area contributed by atoms with Crippen molar-refractivity contribution in [2.75, 3.05) is 13.2 Å². The average Bonchev–Trinajstić information content (AvgIpc) is 3.07. The molecule has 20 heavy (non-hydrogen) atoms. The fourth-order valence-electron chi connectivity index (χ4n) is 1.93. The minimum Gasteiger partial charge on any atom is -0.476 e. The van der Waals surface area contributed by atoms with Gasteiger partial charge in [-0.2, -0.15) is 0 Å². The molecule has 0 spiro atoms. The number of carboxylic acids is 1. The smallest absolute Gasteiger partial charge is 0.355 e. The van der Waals surface area contributed by atoms with Crippen LogP contribution >= 0.6 is 11.3 Å². The van der Waals surface area contributed by atoms with Crippen LogP contribution in [0.25, 0.3) is 0 Å². The molecule has 7 nitrogen and oxygen atoms in total. The second-order valence-corrected chi connectivity index (χ2v) is 5.41. The van der Waals surface area contributed by atoms with E-state index in [-0.39, 0.29) is 24.4 Å². The van der Waals surface area contributed by atoms with Gasteiger partial charge in [-0.25, -0.2) is 14.6 Å². The van der Waals surface area contributed by atoms with E-state index in [0.717, 1.165) is 25.9 Å². The van der Waals surface area contributed by atoms with E-state index in [4.69, 9.17) is 9.84 Å². The van der Waals surface area contributed by atoms with Crippen LogP contribution in [0.2, 0.25) is 0 Å². The number of aromatic nitrogens is 1. The highest BCUT2D eigenvalue weighted by Gasteiger charge is 2.15. The van der Waals surface area contributed by atoms with E-state index >= 15 is 0 Å². The van der Waals surface area contributed by atoms with Crippen molar-refractivity contribution in [1.29, 1.82) is 0 Å². The van der Waals surface area contributed by atoms with Crippen molar-refractivity contribution < 1.29 is 19.4 Å². The van der Waals surface area contributed by atoms with Gasteiger partial charge in [-0.05, 0) is 19.3 Å². The predicted octanol–water partition coefficient (Wildman–Crippen LogP) is 1.21. The number of carboxylic acid groups (broad SMARTS) is 1. The first-order chi connectivity index (χ1) is 9.65. The highest BCUT2D eigenvalue weighted by molar-refractivity contribution is 7.09. The van der Waals surface area contributed by atoms with Crippen molar-refractivity contribution in [3.8, 4) is 0 Å². The number of urea groups is 1. The van der Waals surface area contributed by atoms with Gasteiger partial charge in [0.05, 0.1) is 12.6 Å². The van der Waals surface area contributed by atoms with Gasteiger partial charge in [0.1, 0.15) is 5.01 Å². The zero-order valence-electron chi connectivity index (χ0n) is 10.9. The summed E-state index contributed by atoms with van der Waals surface area (Å²) in [5.74, 6) is -1.06. The number of nitrogens with one attached hydrogen (secondary N) is 2. The normalized spacial score (nSPS) is 17.9. The van der Waals surface area contributed by atoms with Crippen LogP contribution < -0.4 is 10.6 Å². The highest BCUT2D eigenvalue weighted by atomic mass is 32.1. The average molecular weight is 299 g/mol. The maximum atomic E-state index is 11.5. The lowest BCUT2D eigenvalue weighted by Crippen LogP contribution is -2.36. The lowest BCUT2D eigenvalue weighted by Gasteiger charge is -2.10. The second-order valence-electron chi connectivity index (χ2n) is 4.46. The Morgan fingerprint density at radius 2 is 2.35 bits per heavy atom. The summed E-state index contributed by atoms with van der Waals surface area (Å²) in [6, 6.07) is -0.282. The summed E-state index contributed by atoms with van der Waals surface area (Å²) in [6.07, 6.45) is 3.22. The Morgan fingerprint density at radius 3 is 3.00 bits per heavy atom. The van der Waals surface area contributed by atoms with Gasteiger partial charge in [0.2, 0.25) is 0 Å². The van der Waals surface area contributed by atoms with Crippen LogP contribution in [0.5, 0.6) is 0 Å². The first-order valence-electron chi connectivity index (χ1n) is 6.46. The maximum absolute atomic E-state index is 11.5. The SMILES string of the molecule is O=C(NCCC1CCCO1)NCc1nc(C(=O)O)cs1. The second kappa shape index (κ2) is 7.20. The van der Waals surface area contributed by atoms with Crippen LogP contribution in [0.3, 0.4) is 0 Å². The first kappa shape index (κ1) is 14.7. The molecule has 0 radical (unpaired) electrons. The lowest BCUT2D eigenvalue weighted by molar-refractivity contribution is 0.0691. The molecule has 1 saturated heterocycles. The lowest BCUT2D eigenvalue weighted by atomic mass is 10.2. The Bertz CT molecular complexity index is 471. The molecule has 1 aromatic heterocycles. The molecule has 3 N–H and O–H groups in total. The minimum absolute atomic E-state index is 0.00518. The quantitative estimate of drug-likeness (QED) is 0.733. The standard InChI is InChI=1S/C12H17N3O4S/c16-11(17)9-7-20-10(15-9)6-14-12(18)13-4-3-8-2-1-5-19-8/h7-8H,1-6H2,(H,16,17)(H2,13,14,18). The molecule has 1 aromatic rings. The van der Waals surface area contributed by atoms with Crippen molar-refractivity contribution in [3.63, 3.8) is 0 Å². The predicted molar refractivity (Wildman–Crippen MR) is 72.9 cm³/mol. The van der Waals surface area contributed by atoms with Crippen molar-refractivity contribution in [2.24, 2.45) is 0 Å². The zero-order valence-corrected chi connectivity index (χ0v) is 11.7. The Kier molecular flexibility index (Phi) is 5.31. The number of rotatable bonds is 6. The van der Waals surface area contributed by atoms with Crippen molar-refractivity contribution in [2.45, 2.75) is 31.9 Å². The third-order valence-corrected chi connectivity index (χ3v) is 3.80. The number of carbonyl (C=O) groups excluding carboxylic acids is 1. The van der Waals surface area contributed by atoms with E-state index in [9.17, 15) is 9.59 Å². The van der Waals surface area contributed by atoms with E-state index in [2.05, 4.69) is 15.6 Å². The van der Waals surface area contributed by atoms with Gasteiger partial charge in [0, 0.05) is 18.5 Å². The molecule has 0 bridgehead atoms. The third-order valence-electron chi connectivity index (χ3n) is 2.95. The molecule has 110 valence electrons. The van der Waals surface area contributed by atoms with E-state index in [1.807, 2.05) is 0 Å².